The SMILES string of the molecule is CN1CCN(c2ccc(C#N)cc2N)CC1(C)C. The summed E-state index contributed by atoms with van der Waals surface area (Å²) in [6.45, 7) is 7.40. The van der Waals surface area contributed by atoms with Crippen molar-refractivity contribution in [1.82, 2.24) is 4.90 Å². The van der Waals surface area contributed by atoms with Crippen molar-refractivity contribution in [3.63, 3.8) is 0 Å². The van der Waals surface area contributed by atoms with Crippen LogP contribution in [0.1, 0.15) is 19.4 Å². The normalized spacial score (nSPS) is 19.6. The number of nitriles is 1. The molecule has 0 spiro atoms. The number of nitrogens with zero attached hydrogens (tertiary/aromatic N) is 3. The first-order valence-electron chi connectivity index (χ1n) is 6.20. The van der Waals surface area contributed by atoms with Crippen molar-refractivity contribution in [2.75, 3.05) is 37.3 Å². The van der Waals surface area contributed by atoms with Crippen LogP contribution in [0.3, 0.4) is 0 Å². The summed E-state index contributed by atoms with van der Waals surface area (Å²) in [6.07, 6.45) is 0. The molecule has 1 saturated heterocycles. The summed E-state index contributed by atoms with van der Waals surface area (Å²) in [7, 11) is 2.15. The topological polar surface area (TPSA) is 56.3 Å². The molecule has 4 heteroatoms. The third-order valence-corrected chi connectivity index (χ3v) is 3.81. The number of piperazine rings is 1. The maximum absolute atomic E-state index is 8.86. The summed E-state index contributed by atoms with van der Waals surface area (Å²) in [6, 6.07) is 7.65. The lowest BCUT2D eigenvalue weighted by Gasteiger charge is -2.46. The van der Waals surface area contributed by atoms with Gasteiger partial charge >= 0.3 is 0 Å². The van der Waals surface area contributed by atoms with Gasteiger partial charge in [-0.25, -0.2) is 0 Å². The van der Waals surface area contributed by atoms with Crippen LogP contribution in [-0.2, 0) is 0 Å². The van der Waals surface area contributed by atoms with E-state index in [0.717, 1.165) is 25.3 Å². The zero-order chi connectivity index (χ0) is 13.3. The maximum Gasteiger partial charge on any atom is 0.0992 e. The smallest absolute Gasteiger partial charge is 0.0992 e. The van der Waals surface area contributed by atoms with Crippen molar-refractivity contribution in [1.29, 1.82) is 5.26 Å². The fourth-order valence-corrected chi connectivity index (χ4v) is 2.36. The molecule has 96 valence electrons. The predicted octanol–water partition coefficient (Wildman–Crippen LogP) is 1.67. The molecule has 2 rings (SSSR count). The molecule has 1 fully saturated rings. The highest BCUT2D eigenvalue weighted by molar-refractivity contribution is 5.70. The van der Waals surface area contributed by atoms with Crippen molar-refractivity contribution in [3.8, 4) is 6.07 Å². The standard InChI is InChI=1S/C14H20N4/c1-14(2)10-18(7-6-17(14)3)13-5-4-11(9-15)8-12(13)16/h4-5,8H,6-7,10,16H2,1-3H3. The van der Waals surface area contributed by atoms with Crippen LogP contribution in [-0.4, -0.2) is 37.1 Å². The summed E-state index contributed by atoms with van der Waals surface area (Å²) in [5.41, 5.74) is 8.52. The van der Waals surface area contributed by atoms with Gasteiger partial charge in [-0.15, -0.1) is 0 Å². The Kier molecular flexibility index (Phi) is 3.18. The van der Waals surface area contributed by atoms with Crippen molar-refractivity contribution in [2.24, 2.45) is 0 Å². The summed E-state index contributed by atoms with van der Waals surface area (Å²) >= 11 is 0. The highest BCUT2D eigenvalue weighted by Gasteiger charge is 2.31. The predicted molar refractivity (Wildman–Crippen MR) is 74.5 cm³/mol. The molecule has 0 amide bonds. The van der Waals surface area contributed by atoms with Crippen LogP contribution in [0.15, 0.2) is 18.2 Å². The second kappa shape index (κ2) is 4.51. The van der Waals surface area contributed by atoms with Gasteiger partial charge in [0.15, 0.2) is 0 Å². The molecule has 2 N–H and O–H groups in total. The van der Waals surface area contributed by atoms with Crippen molar-refractivity contribution >= 4 is 11.4 Å². The number of likely N-dealkylation sites (N-methyl/N-ethyl adjacent to an activating group) is 1. The largest absolute Gasteiger partial charge is 0.397 e. The van der Waals surface area contributed by atoms with Crippen molar-refractivity contribution in [3.05, 3.63) is 23.8 Å². The number of benzene rings is 1. The highest BCUT2D eigenvalue weighted by Crippen LogP contribution is 2.29. The number of nitrogen functional groups attached to an aromatic ring is 1. The van der Waals surface area contributed by atoms with Crippen LogP contribution in [0.5, 0.6) is 0 Å². The molecule has 0 bridgehead atoms. The van der Waals surface area contributed by atoms with E-state index in [-0.39, 0.29) is 5.54 Å². The quantitative estimate of drug-likeness (QED) is 0.763. The zero-order valence-electron chi connectivity index (χ0n) is 11.3. The Morgan fingerprint density at radius 2 is 2.06 bits per heavy atom. The van der Waals surface area contributed by atoms with Gasteiger partial charge in [-0.1, -0.05) is 0 Å². The lowest BCUT2D eigenvalue weighted by atomic mass is 9.99. The van der Waals surface area contributed by atoms with Gasteiger partial charge in [0, 0.05) is 25.2 Å². The van der Waals surface area contributed by atoms with E-state index >= 15 is 0 Å². The fourth-order valence-electron chi connectivity index (χ4n) is 2.36. The number of nitrogens with two attached hydrogens (primary N) is 1. The van der Waals surface area contributed by atoms with Crippen LogP contribution >= 0.6 is 0 Å². The van der Waals surface area contributed by atoms with E-state index in [9.17, 15) is 0 Å². The molecule has 0 radical (unpaired) electrons. The van der Waals surface area contributed by atoms with Gasteiger partial charge in [0.1, 0.15) is 0 Å². The third-order valence-electron chi connectivity index (χ3n) is 3.81. The molecule has 1 heterocycles. The minimum Gasteiger partial charge on any atom is -0.397 e. The molecule has 0 saturated carbocycles. The molecule has 18 heavy (non-hydrogen) atoms. The number of anilines is 2. The lowest BCUT2D eigenvalue weighted by Crippen LogP contribution is -2.57. The summed E-state index contributed by atoms with van der Waals surface area (Å²) in [5.74, 6) is 0. The first-order valence-corrected chi connectivity index (χ1v) is 6.20. The van der Waals surface area contributed by atoms with Crippen molar-refractivity contribution < 1.29 is 0 Å². The molecule has 0 aliphatic carbocycles. The first-order chi connectivity index (χ1) is 8.44. The van der Waals surface area contributed by atoms with Crippen LogP contribution < -0.4 is 10.6 Å². The van der Waals surface area contributed by atoms with Gasteiger partial charge in [-0.05, 0) is 39.1 Å². The van der Waals surface area contributed by atoms with E-state index < -0.39 is 0 Å². The van der Waals surface area contributed by atoms with E-state index in [0.29, 0.717) is 11.3 Å². The van der Waals surface area contributed by atoms with Gasteiger partial charge in [-0.3, -0.25) is 4.90 Å². The maximum atomic E-state index is 8.86. The minimum absolute atomic E-state index is 0.137. The number of rotatable bonds is 1. The molecule has 1 aromatic carbocycles. The Hall–Kier alpha value is -1.73. The first kappa shape index (κ1) is 12.7. The Morgan fingerprint density at radius 3 is 2.61 bits per heavy atom. The van der Waals surface area contributed by atoms with Gasteiger partial charge < -0.3 is 10.6 Å². The fraction of sp³-hybridized carbons (Fsp3) is 0.500. The molecule has 1 aromatic rings. The Labute approximate surface area is 109 Å². The van der Waals surface area contributed by atoms with E-state index in [4.69, 9.17) is 11.0 Å². The highest BCUT2D eigenvalue weighted by atomic mass is 15.3. The second-order valence-electron chi connectivity index (χ2n) is 5.54. The molecular formula is C14H20N4. The van der Waals surface area contributed by atoms with Gasteiger partial charge in [0.05, 0.1) is 23.0 Å². The molecule has 1 aliphatic heterocycles. The molecule has 0 aromatic heterocycles. The summed E-state index contributed by atoms with van der Waals surface area (Å²) < 4.78 is 0. The van der Waals surface area contributed by atoms with E-state index in [1.54, 1.807) is 6.07 Å². The average molecular weight is 244 g/mol. The van der Waals surface area contributed by atoms with Gasteiger partial charge in [-0.2, -0.15) is 5.26 Å². The molecular weight excluding hydrogens is 224 g/mol. The summed E-state index contributed by atoms with van der Waals surface area (Å²) in [5, 5.41) is 8.86. The number of hydrogen-bond donors (Lipinski definition) is 1. The summed E-state index contributed by atoms with van der Waals surface area (Å²) in [4.78, 5) is 4.67. The van der Waals surface area contributed by atoms with E-state index in [1.807, 2.05) is 12.1 Å². The Bertz CT molecular complexity index is 487. The minimum atomic E-state index is 0.137. The third kappa shape index (κ3) is 2.27. The van der Waals surface area contributed by atoms with Crippen LogP contribution in [0.2, 0.25) is 0 Å². The molecule has 0 unspecified atom stereocenters. The van der Waals surface area contributed by atoms with E-state index in [2.05, 4.69) is 36.8 Å². The van der Waals surface area contributed by atoms with Gasteiger partial charge in [0.25, 0.3) is 0 Å². The van der Waals surface area contributed by atoms with Crippen LogP contribution in [0.4, 0.5) is 11.4 Å². The lowest BCUT2D eigenvalue weighted by molar-refractivity contribution is 0.139. The van der Waals surface area contributed by atoms with Crippen LogP contribution in [0.25, 0.3) is 0 Å². The monoisotopic (exact) mass is 244 g/mol. The average Bonchev–Trinajstić information content (AvgIpc) is 2.32. The zero-order valence-corrected chi connectivity index (χ0v) is 11.3. The Morgan fingerprint density at radius 1 is 1.33 bits per heavy atom. The van der Waals surface area contributed by atoms with Gasteiger partial charge in [0.2, 0.25) is 0 Å². The second-order valence-corrected chi connectivity index (χ2v) is 5.54. The van der Waals surface area contributed by atoms with E-state index in [1.165, 1.54) is 0 Å². The van der Waals surface area contributed by atoms with Crippen LogP contribution in [0, 0.1) is 11.3 Å². The Balaban J connectivity index is 2.26. The number of hydrogen-bond acceptors (Lipinski definition) is 4. The molecule has 0 atom stereocenters. The molecule has 1 aliphatic rings. The van der Waals surface area contributed by atoms with Crippen molar-refractivity contribution in [2.45, 2.75) is 19.4 Å². The molecule has 4 nitrogen and oxygen atoms in total.